The summed E-state index contributed by atoms with van der Waals surface area (Å²) < 4.78 is 14.6. The summed E-state index contributed by atoms with van der Waals surface area (Å²) in [4.78, 5) is 0. The van der Waals surface area contributed by atoms with Crippen LogP contribution in [0, 0.1) is 11.2 Å². The monoisotopic (exact) mass is 300 g/mol. The Morgan fingerprint density at radius 1 is 1.29 bits per heavy atom. The first-order valence-corrected chi connectivity index (χ1v) is 6.95. The summed E-state index contributed by atoms with van der Waals surface area (Å²) in [6.07, 6.45) is 4.72. The van der Waals surface area contributed by atoms with E-state index in [1.165, 1.54) is 12.5 Å². The maximum Gasteiger partial charge on any atom is 0.129 e. The normalized spacial score (nSPS) is 21.2. The average Bonchev–Trinajstić information content (AvgIpc) is 2.32. The van der Waals surface area contributed by atoms with E-state index in [2.05, 4.69) is 22.9 Å². The lowest BCUT2D eigenvalue weighted by Gasteiger charge is -2.38. The molecular formula is C14H18BrFO. The van der Waals surface area contributed by atoms with Gasteiger partial charge >= 0.3 is 0 Å². The molecule has 94 valence electrons. The average molecular weight is 301 g/mol. The Morgan fingerprint density at radius 3 is 2.59 bits per heavy atom. The van der Waals surface area contributed by atoms with Crippen LogP contribution < -0.4 is 0 Å². The minimum atomic E-state index is -0.708. The largest absolute Gasteiger partial charge is 0.388 e. The minimum absolute atomic E-state index is 0.181. The van der Waals surface area contributed by atoms with Gasteiger partial charge in [-0.2, -0.15) is 0 Å². The molecule has 1 unspecified atom stereocenters. The lowest BCUT2D eigenvalue weighted by molar-refractivity contribution is 0.00582. The SMILES string of the molecule is CC1(C(O)c2cc(Br)ccc2F)CCCCC1. The standard InChI is InChI=1S/C14H18BrFO/c1-14(7-3-2-4-8-14)13(17)11-9-10(15)5-6-12(11)16/h5-6,9,13,17H,2-4,7-8H2,1H3. The van der Waals surface area contributed by atoms with E-state index >= 15 is 0 Å². The second kappa shape index (κ2) is 5.07. The number of rotatable bonds is 2. The van der Waals surface area contributed by atoms with Crippen LogP contribution in [0.4, 0.5) is 4.39 Å². The van der Waals surface area contributed by atoms with Gasteiger partial charge in [0.15, 0.2) is 0 Å². The molecule has 1 fully saturated rings. The number of halogens is 2. The van der Waals surface area contributed by atoms with Crippen LogP contribution in [-0.4, -0.2) is 5.11 Å². The third kappa shape index (κ3) is 2.71. The van der Waals surface area contributed by atoms with Crippen molar-refractivity contribution in [2.45, 2.75) is 45.1 Å². The van der Waals surface area contributed by atoms with Gasteiger partial charge in [-0.05, 0) is 36.5 Å². The van der Waals surface area contributed by atoms with E-state index < -0.39 is 6.10 Å². The fourth-order valence-corrected chi connectivity index (χ4v) is 3.11. The molecule has 3 heteroatoms. The van der Waals surface area contributed by atoms with Crippen LogP contribution in [0.5, 0.6) is 0 Å². The number of benzene rings is 1. The van der Waals surface area contributed by atoms with Crippen LogP contribution in [-0.2, 0) is 0 Å². The van der Waals surface area contributed by atoms with Crippen LogP contribution in [0.2, 0.25) is 0 Å². The van der Waals surface area contributed by atoms with E-state index in [4.69, 9.17) is 0 Å². The van der Waals surface area contributed by atoms with Crippen molar-refractivity contribution in [3.63, 3.8) is 0 Å². The summed E-state index contributed by atoms with van der Waals surface area (Å²) in [6, 6.07) is 4.77. The van der Waals surface area contributed by atoms with Gasteiger partial charge in [0.05, 0.1) is 6.10 Å². The van der Waals surface area contributed by atoms with E-state index in [9.17, 15) is 9.50 Å². The van der Waals surface area contributed by atoms with Gasteiger partial charge in [0.25, 0.3) is 0 Å². The summed E-state index contributed by atoms with van der Waals surface area (Å²) in [5.74, 6) is -0.313. The Bertz CT molecular complexity index is 399. The van der Waals surface area contributed by atoms with E-state index in [0.29, 0.717) is 5.56 Å². The van der Waals surface area contributed by atoms with Crippen molar-refractivity contribution in [3.8, 4) is 0 Å². The summed E-state index contributed by atoms with van der Waals surface area (Å²) in [6.45, 7) is 2.07. The molecule has 0 aromatic heterocycles. The molecule has 1 aliphatic carbocycles. The van der Waals surface area contributed by atoms with E-state index in [0.717, 1.165) is 30.2 Å². The van der Waals surface area contributed by atoms with Crippen LogP contribution in [0.25, 0.3) is 0 Å². The third-order valence-corrected chi connectivity index (χ3v) is 4.40. The van der Waals surface area contributed by atoms with Crippen molar-refractivity contribution in [3.05, 3.63) is 34.1 Å². The van der Waals surface area contributed by atoms with Gasteiger partial charge in [0.2, 0.25) is 0 Å². The topological polar surface area (TPSA) is 20.2 Å². The first kappa shape index (κ1) is 13.0. The molecule has 1 aromatic carbocycles. The van der Waals surface area contributed by atoms with Gasteiger partial charge in [-0.3, -0.25) is 0 Å². The molecule has 2 rings (SSSR count). The van der Waals surface area contributed by atoms with Crippen LogP contribution in [0.15, 0.2) is 22.7 Å². The predicted octanol–water partition coefficient (Wildman–Crippen LogP) is 4.59. The predicted molar refractivity (Wildman–Crippen MR) is 70.3 cm³/mol. The number of aliphatic hydroxyl groups excluding tert-OH is 1. The molecule has 0 saturated heterocycles. The highest BCUT2D eigenvalue weighted by atomic mass is 79.9. The highest BCUT2D eigenvalue weighted by Gasteiger charge is 2.36. The fourth-order valence-electron chi connectivity index (χ4n) is 2.73. The van der Waals surface area contributed by atoms with Gasteiger partial charge < -0.3 is 5.11 Å². The Hall–Kier alpha value is -0.410. The second-order valence-electron chi connectivity index (χ2n) is 5.28. The highest BCUT2D eigenvalue weighted by Crippen LogP contribution is 2.46. The van der Waals surface area contributed by atoms with Gasteiger partial charge in [-0.25, -0.2) is 4.39 Å². The number of aliphatic hydroxyl groups is 1. The fraction of sp³-hybridized carbons (Fsp3) is 0.571. The number of hydrogen-bond acceptors (Lipinski definition) is 1. The highest BCUT2D eigenvalue weighted by molar-refractivity contribution is 9.10. The van der Waals surface area contributed by atoms with Crippen molar-refractivity contribution >= 4 is 15.9 Å². The van der Waals surface area contributed by atoms with Gasteiger partial charge in [-0.15, -0.1) is 0 Å². The molecule has 0 bridgehead atoms. The zero-order chi connectivity index (χ0) is 12.5. The minimum Gasteiger partial charge on any atom is -0.388 e. The zero-order valence-electron chi connectivity index (χ0n) is 10.0. The van der Waals surface area contributed by atoms with Crippen molar-refractivity contribution < 1.29 is 9.50 Å². The maximum absolute atomic E-state index is 13.8. The lowest BCUT2D eigenvalue weighted by Crippen LogP contribution is -2.28. The van der Waals surface area contributed by atoms with E-state index in [1.807, 2.05) is 0 Å². The van der Waals surface area contributed by atoms with Gasteiger partial charge in [-0.1, -0.05) is 42.1 Å². The molecule has 1 aliphatic rings. The molecule has 0 spiro atoms. The summed E-state index contributed by atoms with van der Waals surface area (Å²) in [5.41, 5.74) is 0.239. The van der Waals surface area contributed by atoms with E-state index in [-0.39, 0.29) is 11.2 Å². The number of hydrogen-bond donors (Lipinski definition) is 1. The molecular weight excluding hydrogens is 283 g/mol. The molecule has 0 amide bonds. The smallest absolute Gasteiger partial charge is 0.129 e. The molecule has 17 heavy (non-hydrogen) atoms. The Balaban J connectivity index is 2.29. The van der Waals surface area contributed by atoms with E-state index in [1.54, 1.807) is 12.1 Å². The molecule has 1 saturated carbocycles. The summed E-state index contributed by atoms with van der Waals surface area (Å²) in [7, 11) is 0. The van der Waals surface area contributed by atoms with Crippen LogP contribution in [0.1, 0.15) is 50.7 Å². The Kier molecular flexibility index (Phi) is 3.88. The second-order valence-corrected chi connectivity index (χ2v) is 6.20. The van der Waals surface area contributed by atoms with Crippen LogP contribution >= 0.6 is 15.9 Å². The Morgan fingerprint density at radius 2 is 1.94 bits per heavy atom. The quantitative estimate of drug-likeness (QED) is 0.847. The molecule has 1 N–H and O–H groups in total. The van der Waals surface area contributed by atoms with Crippen molar-refractivity contribution in [2.75, 3.05) is 0 Å². The van der Waals surface area contributed by atoms with Crippen LogP contribution in [0.3, 0.4) is 0 Å². The lowest BCUT2D eigenvalue weighted by atomic mass is 9.70. The van der Waals surface area contributed by atoms with Crippen molar-refractivity contribution in [1.29, 1.82) is 0 Å². The van der Waals surface area contributed by atoms with Crippen molar-refractivity contribution in [1.82, 2.24) is 0 Å². The molecule has 1 atom stereocenters. The zero-order valence-corrected chi connectivity index (χ0v) is 11.6. The van der Waals surface area contributed by atoms with Crippen molar-refractivity contribution in [2.24, 2.45) is 5.41 Å². The third-order valence-electron chi connectivity index (χ3n) is 3.91. The first-order valence-electron chi connectivity index (χ1n) is 6.16. The molecule has 1 aromatic rings. The first-order chi connectivity index (χ1) is 8.03. The summed E-state index contributed by atoms with van der Waals surface area (Å²) in [5, 5.41) is 10.4. The van der Waals surface area contributed by atoms with Gasteiger partial charge in [0, 0.05) is 10.0 Å². The molecule has 0 heterocycles. The molecule has 0 radical (unpaired) electrons. The van der Waals surface area contributed by atoms with Gasteiger partial charge in [0.1, 0.15) is 5.82 Å². The maximum atomic E-state index is 13.8. The Labute approximate surface area is 110 Å². The molecule has 0 aliphatic heterocycles. The summed E-state index contributed by atoms with van der Waals surface area (Å²) >= 11 is 3.33. The molecule has 1 nitrogen and oxygen atoms in total.